The maximum absolute atomic E-state index is 11.1. The fourth-order valence-electron chi connectivity index (χ4n) is 1.77. The highest BCUT2D eigenvalue weighted by atomic mass is 16.5. The van der Waals surface area contributed by atoms with E-state index in [0.29, 0.717) is 13.2 Å². The highest BCUT2D eigenvalue weighted by Crippen LogP contribution is 2.08. The first-order valence-corrected chi connectivity index (χ1v) is 8.61. The number of methoxy groups -OCH3 is 1. The number of nitrogens with zero attached hydrogens (tertiary/aromatic N) is 2. The van der Waals surface area contributed by atoms with Gasteiger partial charge in [0.25, 0.3) is 0 Å². The van der Waals surface area contributed by atoms with Crippen LogP contribution in [-0.2, 0) is 14.3 Å². The summed E-state index contributed by atoms with van der Waals surface area (Å²) in [4.78, 5) is 17.1. The first-order valence-electron chi connectivity index (χ1n) is 8.61. The molecule has 0 spiro atoms. The van der Waals surface area contributed by atoms with Gasteiger partial charge >= 0.3 is 5.97 Å². The second-order valence-corrected chi connectivity index (χ2v) is 5.34. The number of aliphatic imine (C=N–C) groups is 1. The monoisotopic (exact) mass is 365 g/mol. The average molecular weight is 366 g/mol. The molecular weight excluding hydrogens is 330 g/mol. The second kappa shape index (κ2) is 19.1. The van der Waals surface area contributed by atoms with E-state index in [0.717, 1.165) is 25.0 Å². The third-order valence-electron chi connectivity index (χ3n) is 3.19. The molecule has 0 amide bonds. The van der Waals surface area contributed by atoms with Crippen LogP contribution in [0.25, 0.3) is 0 Å². The molecular formula is C20H35N3O3. The standard InChI is InChI=1S/C17H28N2O3.C3H7N/c1-6-8-15(9-10-17(20)21-5)13-22-16(7-2)11-12-19(4)14-18-3;1-2-3-4/h6,8-10,14,16H,1,7,11-13H2,2-5H3;2H,1,3-4H2/b10-9+,15-8+,18-14?;. The van der Waals surface area contributed by atoms with Crippen molar-refractivity contribution in [2.24, 2.45) is 10.7 Å². The van der Waals surface area contributed by atoms with Crippen LogP contribution in [0.3, 0.4) is 0 Å². The molecule has 0 bridgehead atoms. The van der Waals surface area contributed by atoms with Crippen LogP contribution in [0.15, 0.2) is 54.1 Å². The first-order chi connectivity index (χ1) is 12.5. The Morgan fingerprint density at radius 1 is 1.35 bits per heavy atom. The normalized spacial score (nSPS) is 12.4. The molecule has 0 saturated heterocycles. The van der Waals surface area contributed by atoms with Gasteiger partial charge in [-0.05, 0) is 24.5 Å². The summed E-state index contributed by atoms with van der Waals surface area (Å²) >= 11 is 0. The predicted molar refractivity (Wildman–Crippen MR) is 110 cm³/mol. The quantitative estimate of drug-likeness (QED) is 0.144. The minimum absolute atomic E-state index is 0.160. The number of hydrogen-bond acceptors (Lipinski definition) is 5. The second-order valence-electron chi connectivity index (χ2n) is 5.34. The predicted octanol–water partition coefficient (Wildman–Crippen LogP) is 2.73. The van der Waals surface area contributed by atoms with E-state index in [-0.39, 0.29) is 12.1 Å². The van der Waals surface area contributed by atoms with E-state index in [4.69, 9.17) is 10.5 Å². The lowest BCUT2D eigenvalue weighted by Crippen LogP contribution is -2.24. The molecule has 0 saturated carbocycles. The summed E-state index contributed by atoms with van der Waals surface area (Å²) < 4.78 is 10.5. The Hall–Kier alpha value is -2.18. The Balaban J connectivity index is 0. The number of carbonyl (C=O) groups is 1. The molecule has 6 heteroatoms. The third kappa shape index (κ3) is 16.7. The SMILES string of the molecule is C=C/C=C(\C=C\C(=O)OC)COC(CC)CCN(C)C=NC.C=CCN. The van der Waals surface area contributed by atoms with Crippen LogP contribution in [0.2, 0.25) is 0 Å². The van der Waals surface area contributed by atoms with E-state index < -0.39 is 0 Å². The summed E-state index contributed by atoms with van der Waals surface area (Å²) in [6.45, 7) is 11.0. The van der Waals surface area contributed by atoms with Crippen molar-refractivity contribution in [1.29, 1.82) is 0 Å². The maximum atomic E-state index is 11.1. The van der Waals surface area contributed by atoms with E-state index in [1.165, 1.54) is 13.2 Å². The van der Waals surface area contributed by atoms with Crippen molar-refractivity contribution in [2.45, 2.75) is 25.9 Å². The molecule has 0 aromatic heterocycles. The largest absolute Gasteiger partial charge is 0.466 e. The highest BCUT2D eigenvalue weighted by Gasteiger charge is 2.08. The van der Waals surface area contributed by atoms with Crippen molar-refractivity contribution >= 4 is 12.3 Å². The molecule has 26 heavy (non-hydrogen) atoms. The van der Waals surface area contributed by atoms with Crippen LogP contribution in [0.5, 0.6) is 0 Å². The Morgan fingerprint density at radius 3 is 2.46 bits per heavy atom. The summed E-state index contributed by atoms with van der Waals surface area (Å²) in [5.41, 5.74) is 5.79. The zero-order valence-electron chi connectivity index (χ0n) is 16.7. The zero-order valence-corrected chi connectivity index (χ0v) is 16.7. The Labute approximate surface area is 158 Å². The van der Waals surface area contributed by atoms with E-state index in [1.807, 2.05) is 18.0 Å². The highest BCUT2D eigenvalue weighted by molar-refractivity contribution is 5.82. The van der Waals surface area contributed by atoms with Gasteiger partial charge < -0.3 is 20.1 Å². The number of rotatable bonds is 12. The lowest BCUT2D eigenvalue weighted by molar-refractivity contribution is -0.134. The minimum atomic E-state index is -0.387. The van der Waals surface area contributed by atoms with Gasteiger partial charge in [-0.25, -0.2) is 4.79 Å². The van der Waals surface area contributed by atoms with Crippen LogP contribution in [0.1, 0.15) is 19.8 Å². The molecule has 0 aliphatic carbocycles. The van der Waals surface area contributed by atoms with Gasteiger partial charge in [-0.2, -0.15) is 0 Å². The Morgan fingerprint density at radius 2 is 2.00 bits per heavy atom. The molecule has 0 aliphatic rings. The first kappa shape index (κ1) is 26.1. The van der Waals surface area contributed by atoms with Crippen molar-refractivity contribution in [1.82, 2.24) is 4.90 Å². The summed E-state index contributed by atoms with van der Waals surface area (Å²) in [5.74, 6) is -0.387. The van der Waals surface area contributed by atoms with Gasteiger partial charge in [0.05, 0.1) is 26.2 Å². The molecule has 1 atom stereocenters. The van der Waals surface area contributed by atoms with Gasteiger partial charge in [0, 0.05) is 33.3 Å². The number of ether oxygens (including phenoxy) is 2. The summed E-state index contributed by atoms with van der Waals surface area (Å²) in [6.07, 6.45) is 12.0. The molecule has 0 aromatic rings. The minimum Gasteiger partial charge on any atom is -0.466 e. The zero-order chi connectivity index (χ0) is 20.2. The lowest BCUT2D eigenvalue weighted by atomic mass is 10.2. The molecule has 0 radical (unpaired) electrons. The van der Waals surface area contributed by atoms with Crippen LogP contribution in [0, 0.1) is 0 Å². The molecule has 148 valence electrons. The Bertz CT molecular complexity index is 471. The van der Waals surface area contributed by atoms with Crippen molar-refractivity contribution in [3.63, 3.8) is 0 Å². The van der Waals surface area contributed by atoms with E-state index >= 15 is 0 Å². The molecule has 6 nitrogen and oxygen atoms in total. The van der Waals surface area contributed by atoms with Gasteiger partial charge in [0.15, 0.2) is 0 Å². The third-order valence-corrected chi connectivity index (χ3v) is 3.19. The van der Waals surface area contributed by atoms with Crippen LogP contribution < -0.4 is 5.73 Å². The van der Waals surface area contributed by atoms with Crippen molar-refractivity contribution in [3.8, 4) is 0 Å². The van der Waals surface area contributed by atoms with Gasteiger partial charge in [0.1, 0.15) is 0 Å². The summed E-state index contributed by atoms with van der Waals surface area (Å²) in [5, 5.41) is 0. The van der Waals surface area contributed by atoms with Gasteiger partial charge in [0.2, 0.25) is 0 Å². The number of esters is 1. The molecule has 2 N–H and O–H groups in total. The van der Waals surface area contributed by atoms with E-state index in [2.05, 4.69) is 29.8 Å². The fraction of sp³-hybridized carbons (Fsp3) is 0.500. The molecule has 1 unspecified atom stereocenters. The van der Waals surface area contributed by atoms with Crippen molar-refractivity contribution < 1.29 is 14.3 Å². The molecule has 0 aliphatic heterocycles. The molecule has 0 rings (SSSR count). The number of allylic oxidation sites excluding steroid dienone is 2. The van der Waals surface area contributed by atoms with Gasteiger partial charge in [-0.3, -0.25) is 4.99 Å². The van der Waals surface area contributed by atoms with Gasteiger partial charge in [-0.1, -0.05) is 31.7 Å². The van der Waals surface area contributed by atoms with Crippen LogP contribution in [-0.4, -0.2) is 64.2 Å². The maximum Gasteiger partial charge on any atom is 0.330 e. The fourth-order valence-corrected chi connectivity index (χ4v) is 1.77. The lowest BCUT2D eigenvalue weighted by Gasteiger charge is -2.20. The molecule has 0 heterocycles. The number of hydrogen-bond donors (Lipinski definition) is 1. The molecule has 0 fully saturated rings. The average Bonchev–Trinajstić information content (AvgIpc) is 2.66. The van der Waals surface area contributed by atoms with E-state index in [1.54, 1.807) is 31.6 Å². The smallest absolute Gasteiger partial charge is 0.330 e. The van der Waals surface area contributed by atoms with Crippen molar-refractivity contribution in [2.75, 3.05) is 40.9 Å². The van der Waals surface area contributed by atoms with Crippen LogP contribution >= 0.6 is 0 Å². The van der Waals surface area contributed by atoms with Gasteiger partial charge in [-0.15, -0.1) is 6.58 Å². The molecule has 0 aromatic carbocycles. The topological polar surface area (TPSA) is 77.2 Å². The van der Waals surface area contributed by atoms with E-state index in [9.17, 15) is 4.79 Å². The number of nitrogens with two attached hydrogens (primary N) is 1. The van der Waals surface area contributed by atoms with Crippen LogP contribution in [0.4, 0.5) is 0 Å². The Kier molecular flexibility index (Phi) is 19.2. The summed E-state index contributed by atoms with van der Waals surface area (Å²) in [7, 11) is 5.09. The number of carbonyl (C=O) groups excluding carboxylic acids is 1. The summed E-state index contributed by atoms with van der Waals surface area (Å²) in [6, 6.07) is 0. The van der Waals surface area contributed by atoms with Crippen molar-refractivity contribution in [3.05, 3.63) is 49.1 Å².